The molecule has 146 valence electrons. The van der Waals surface area contributed by atoms with E-state index in [1.165, 1.54) is 4.31 Å². The molecule has 7 heteroatoms. The molecule has 0 unspecified atom stereocenters. The Balaban J connectivity index is 1.49. The zero-order valence-corrected chi connectivity index (χ0v) is 16.7. The Morgan fingerprint density at radius 1 is 0.929 bits per heavy atom. The molecule has 1 aliphatic heterocycles. The third kappa shape index (κ3) is 3.21. The van der Waals surface area contributed by atoms with Crippen molar-refractivity contribution < 1.29 is 17.6 Å². The normalized spacial score (nSPS) is 15.9. The number of benzene rings is 2. The molecule has 0 aliphatic carbocycles. The lowest BCUT2D eigenvalue weighted by molar-refractivity contribution is 0.0667. The van der Waals surface area contributed by atoms with Crippen molar-refractivity contribution in [1.82, 2.24) is 9.21 Å². The summed E-state index contributed by atoms with van der Waals surface area (Å²) in [7, 11) is -3.55. The molecule has 28 heavy (non-hydrogen) atoms. The molecular formula is C21H22N2O4S. The SMILES string of the molecule is Cc1ccc(S(=O)(=O)N2CCN(C(=O)c3oc4ccccc4c3C)CC2)cc1. The number of nitrogens with zero attached hydrogens (tertiary/aromatic N) is 2. The second-order valence-electron chi connectivity index (χ2n) is 7.06. The van der Waals surface area contributed by atoms with Gasteiger partial charge >= 0.3 is 0 Å². The van der Waals surface area contributed by atoms with Crippen LogP contribution < -0.4 is 0 Å². The van der Waals surface area contributed by atoms with Gasteiger partial charge in [0.15, 0.2) is 5.76 Å². The molecule has 4 rings (SSSR count). The van der Waals surface area contributed by atoms with Crippen LogP contribution in [0.5, 0.6) is 0 Å². The number of amides is 1. The highest BCUT2D eigenvalue weighted by Gasteiger charge is 2.32. The van der Waals surface area contributed by atoms with Crippen molar-refractivity contribution in [3.63, 3.8) is 0 Å². The maximum absolute atomic E-state index is 12.9. The molecular weight excluding hydrogens is 376 g/mol. The summed E-state index contributed by atoms with van der Waals surface area (Å²) < 4.78 is 32.8. The Bertz CT molecular complexity index is 1120. The van der Waals surface area contributed by atoms with Crippen LogP contribution in [-0.4, -0.2) is 49.7 Å². The lowest BCUT2D eigenvalue weighted by Crippen LogP contribution is -2.50. The summed E-state index contributed by atoms with van der Waals surface area (Å²) in [6.07, 6.45) is 0. The van der Waals surface area contributed by atoms with Crippen LogP contribution in [0.3, 0.4) is 0 Å². The Morgan fingerprint density at radius 3 is 2.21 bits per heavy atom. The highest BCUT2D eigenvalue weighted by Crippen LogP contribution is 2.26. The first-order valence-corrected chi connectivity index (χ1v) is 10.7. The van der Waals surface area contributed by atoms with Crippen LogP contribution in [0.1, 0.15) is 21.7 Å². The van der Waals surface area contributed by atoms with Gasteiger partial charge in [-0.05, 0) is 32.0 Å². The van der Waals surface area contributed by atoms with E-state index in [1.807, 2.05) is 38.1 Å². The standard InChI is InChI=1S/C21H22N2O4S/c1-15-7-9-17(10-8-15)28(25,26)23-13-11-22(12-14-23)21(24)20-16(2)18-5-3-4-6-19(18)27-20/h3-10H,11-14H2,1-2H3. The highest BCUT2D eigenvalue weighted by molar-refractivity contribution is 7.89. The zero-order chi connectivity index (χ0) is 19.9. The number of sulfonamides is 1. The molecule has 0 saturated carbocycles. The van der Waals surface area contributed by atoms with Gasteiger partial charge in [-0.15, -0.1) is 0 Å². The number of para-hydroxylation sites is 1. The quantitative estimate of drug-likeness (QED) is 0.679. The smallest absolute Gasteiger partial charge is 0.289 e. The molecule has 1 aliphatic rings. The number of aryl methyl sites for hydroxylation is 2. The summed E-state index contributed by atoms with van der Waals surface area (Å²) in [6.45, 7) is 4.99. The maximum atomic E-state index is 12.9. The molecule has 1 aromatic heterocycles. The van der Waals surface area contributed by atoms with Gasteiger partial charge < -0.3 is 9.32 Å². The van der Waals surface area contributed by atoms with Crippen molar-refractivity contribution in [2.24, 2.45) is 0 Å². The first-order valence-electron chi connectivity index (χ1n) is 9.22. The van der Waals surface area contributed by atoms with E-state index >= 15 is 0 Å². The van der Waals surface area contributed by atoms with E-state index in [1.54, 1.807) is 29.2 Å². The topological polar surface area (TPSA) is 70.8 Å². The summed E-state index contributed by atoms with van der Waals surface area (Å²) in [6, 6.07) is 14.4. The summed E-state index contributed by atoms with van der Waals surface area (Å²) in [5.41, 5.74) is 2.51. The number of rotatable bonds is 3. The first-order chi connectivity index (χ1) is 13.4. The van der Waals surface area contributed by atoms with E-state index in [0.717, 1.165) is 16.5 Å². The predicted octanol–water partition coefficient (Wildman–Crippen LogP) is 3.20. The number of hydrogen-bond donors (Lipinski definition) is 0. The molecule has 2 heterocycles. The van der Waals surface area contributed by atoms with E-state index in [2.05, 4.69) is 0 Å². The monoisotopic (exact) mass is 398 g/mol. The minimum atomic E-state index is -3.55. The lowest BCUT2D eigenvalue weighted by atomic mass is 10.1. The van der Waals surface area contributed by atoms with Crippen molar-refractivity contribution >= 4 is 26.9 Å². The number of carbonyl (C=O) groups excluding carboxylic acids is 1. The maximum Gasteiger partial charge on any atom is 0.289 e. The van der Waals surface area contributed by atoms with Crippen molar-refractivity contribution in [2.45, 2.75) is 18.7 Å². The number of hydrogen-bond acceptors (Lipinski definition) is 4. The zero-order valence-electron chi connectivity index (χ0n) is 15.9. The van der Waals surface area contributed by atoms with Crippen molar-refractivity contribution in [3.05, 3.63) is 65.4 Å². The molecule has 0 atom stereocenters. The largest absolute Gasteiger partial charge is 0.451 e. The fourth-order valence-electron chi connectivity index (χ4n) is 3.51. The van der Waals surface area contributed by atoms with E-state index in [4.69, 9.17) is 4.42 Å². The van der Waals surface area contributed by atoms with Crippen LogP contribution in [0.25, 0.3) is 11.0 Å². The third-order valence-corrected chi connectivity index (χ3v) is 7.14. The summed E-state index contributed by atoms with van der Waals surface area (Å²) >= 11 is 0. The van der Waals surface area contributed by atoms with Gasteiger partial charge in [0, 0.05) is 37.1 Å². The molecule has 2 aromatic carbocycles. The summed E-state index contributed by atoms with van der Waals surface area (Å²) in [4.78, 5) is 14.9. The number of carbonyl (C=O) groups is 1. The minimum Gasteiger partial charge on any atom is -0.451 e. The number of furan rings is 1. The van der Waals surface area contributed by atoms with Gasteiger partial charge in [0.05, 0.1) is 4.90 Å². The highest BCUT2D eigenvalue weighted by atomic mass is 32.2. The van der Waals surface area contributed by atoms with Crippen LogP contribution in [0.15, 0.2) is 57.8 Å². The molecule has 1 amide bonds. The molecule has 0 bridgehead atoms. The second kappa shape index (κ2) is 7.07. The predicted molar refractivity (Wildman–Crippen MR) is 107 cm³/mol. The van der Waals surface area contributed by atoms with Crippen LogP contribution in [-0.2, 0) is 10.0 Å². The fourth-order valence-corrected chi connectivity index (χ4v) is 4.93. The Labute approximate surface area is 164 Å². The molecule has 0 spiro atoms. The van der Waals surface area contributed by atoms with Gasteiger partial charge in [0.25, 0.3) is 5.91 Å². The van der Waals surface area contributed by atoms with Crippen LogP contribution in [0.4, 0.5) is 0 Å². The summed E-state index contributed by atoms with van der Waals surface area (Å²) in [5, 5.41) is 0.923. The van der Waals surface area contributed by atoms with E-state index in [9.17, 15) is 13.2 Å². The van der Waals surface area contributed by atoms with Gasteiger partial charge in [-0.25, -0.2) is 8.42 Å². The van der Waals surface area contributed by atoms with Gasteiger partial charge in [0.2, 0.25) is 10.0 Å². The molecule has 6 nitrogen and oxygen atoms in total. The lowest BCUT2D eigenvalue weighted by Gasteiger charge is -2.33. The van der Waals surface area contributed by atoms with E-state index in [-0.39, 0.29) is 23.9 Å². The van der Waals surface area contributed by atoms with Gasteiger partial charge in [0.1, 0.15) is 5.58 Å². The molecule has 3 aromatic rings. The van der Waals surface area contributed by atoms with Gasteiger partial charge in [-0.3, -0.25) is 4.79 Å². The molecule has 1 saturated heterocycles. The average Bonchev–Trinajstić information content (AvgIpc) is 3.05. The van der Waals surface area contributed by atoms with Crippen LogP contribution >= 0.6 is 0 Å². The van der Waals surface area contributed by atoms with Crippen molar-refractivity contribution in [3.8, 4) is 0 Å². The molecule has 0 radical (unpaired) electrons. The third-order valence-electron chi connectivity index (χ3n) is 5.22. The van der Waals surface area contributed by atoms with Crippen molar-refractivity contribution in [1.29, 1.82) is 0 Å². The van der Waals surface area contributed by atoms with Crippen LogP contribution in [0.2, 0.25) is 0 Å². The Morgan fingerprint density at radius 2 is 1.57 bits per heavy atom. The average molecular weight is 398 g/mol. The second-order valence-corrected chi connectivity index (χ2v) is 9.00. The molecule has 1 fully saturated rings. The fraction of sp³-hybridized carbons (Fsp3) is 0.286. The van der Waals surface area contributed by atoms with Gasteiger partial charge in [-0.1, -0.05) is 35.9 Å². The van der Waals surface area contributed by atoms with Gasteiger partial charge in [-0.2, -0.15) is 4.31 Å². The van der Waals surface area contributed by atoms with Crippen molar-refractivity contribution in [2.75, 3.05) is 26.2 Å². The number of piperazine rings is 1. The van der Waals surface area contributed by atoms with E-state index < -0.39 is 10.0 Å². The van der Waals surface area contributed by atoms with Crippen LogP contribution in [0, 0.1) is 13.8 Å². The minimum absolute atomic E-state index is 0.193. The Kier molecular flexibility index (Phi) is 4.72. The Hall–Kier alpha value is -2.64. The molecule has 0 N–H and O–H groups in total. The van der Waals surface area contributed by atoms with E-state index in [0.29, 0.717) is 24.4 Å². The number of fused-ring (bicyclic) bond motifs is 1. The first kappa shape index (κ1) is 18.7. The summed E-state index contributed by atoms with van der Waals surface area (Å²) in [5.74, 6) is 0.136.